The van der Waals surface area contributed by atoms with Crippen LogP contribution in [0.5, 0.6) is 5.75 Å². The molecule has 1 fully saturated rings. The van der Waals surface area contributed by atoms with Gasteiger partial charge in [0.2, 0.25) is 0 Å². The summed E-state index contributed by atoms with van der Waals surface area (Å²) in [7, 11) is 0. The SMILES string of the molecule is NC(=O)Nc1cc(Cl)ccc1OCCC(=O)C1(O)CCCN(O)C(Cc2ccc(F)cc2)C1. The molecule has 2 aromatic carbocycles. The summed E-state index contributed by atoms with van der Waals surface area (Å²) in [5.41, 5.74) is 4.59. The summed E-state index contributed by atoms with van der Waals surface area (Å²) in [5.74, 6) is -0.475. The summed E-state index contributed by atoms with van der Waals surface area (Å²) in [6.45, 7) is 0.270. The Morgan fingerprint density at radius 2 is 2.00 bits per heavy atom. The molecular weight excluding hydrogens is 453 g/mol. The fraction of sp³-hybridized carbons (Fsp3) is 0.391. The lowest BCUT2D eigenvalue weighted by atomic mass is 9.84. The molecule has 2 unspecified atom stereocenters. The maximum absolute atomic E-state index is 13.2. The van der Waals surface area contributed by atoms with E-state index in [1.165, 1.54) is 18.2 Å². The number of aliphatic hydroxyl groups is 1. The Morgan fingerprint density at radius 3 is 2.70 bits per heavy atom. The highest BCUT2D eigenvalue weighted by molar-refractivity contribution is 6.31. The van der Waals surface area contributed by atoms with Crippen LogP contribution in [0.4, 0.5) is 14.9 Å². The molecule has 8 nitrogen and oxygen atoms in total. The number of hydrogen-bond acceptors (Lipinski definition) is 6. The number of halogens is 2. The molecule has 33 heavy (non-hydrogen) atoms. The van der Waals surface area contributed by atoms with E-state index in [2.05, 4.69) is 5.32 Å². The second kappa shape index (κ2) is 10.9. The second-order valence-corrected chi connectivity index (χ2v) is 8.57. The summed E-state index contributed by atoms with van der Waals surface area (Å²) in [5, 5.41) is 25.4. The van der Waals surface area contributed by atoms with Crippen molar-refractivity contribution in [2.24, 2.45) is 5.73 Å². The highest BCUT2D eigenvalue weighted by Gasteiger charge is 2.41. The molecule has 2 amide bonds. The Hall–Kier alpha value is -2.72. The van der Waals surface area contributed by atoms with Gasteiger partial charge in [-0.1, -0.05) is 23.7 Å². The number of carbonyl (C=O) groups excluding carboxylic acids is 2. The molecular formula is C23H27ClFN3O5. The molecule has 0 aromatic heterocycles. The normalized spacial score (nSPS) is 21.3. The maximum Gasteiger partial charge on any atom is 0.316 e. The summed E-state index contributed by atoms with van der Waals surface area (Å²) in [4.78, 5) is 24.1. The number of benzene rings is 2. The smallest absolute Gasteiger partial charge is 0.316 e. The highest BCUT2D eigenvalue weighted by atomic mass is 35.5. The molecule has 2 aromatic rings. The van der Waals surface area contributed by atoms with Crippen molar-refractivity contribution >= 4 is 29.1 Å². The molecule has 2 atom stereocenters. The van der Waals surface area contributed by atoms with Crippen molar-refractivity contribution in [1.82, 2.24) is 5.06 Å². The third-order valence-corrected chi connectivity index (χ3v) is 5.90. The number of anilines is 1. The summed E-state index contributed by atoms with van der Waals surface area (Å²) in [6.07, 6.45) is 0.955. The van der Waals surface area contributed by atoms with Gasteiger partial charge in [0.25, 0.3) is 0 Å². The van der Waals surface area contributed by atoms with Crippen molar-refractivity contribution in [2.75, 3.05) is 18.5 Å². The van der Waals surface area contributed by atoms with Gasteiger partial charge < -0.3 is 26.1 Å². The number of nitrogens with zero attached hydrogens (tertiary/aromatic N) is 1. The van der Waals surface area contributed by atoms with Gasteiger partial charge >= 0.3 is 6.03 Å². The first-order valence-electron chi connectivity index (χ1n) is 10.6. The first-order valence-corrected chi connectivity index (χ1v) is 11.0. The second-order valence-electron chi connectivity index (χ2n) is 8.14. The van der Waals surface area contributed by atoms with Gasteiger partial charge in [0, 0.05) is 30.5 Å². The minimum atomic E-state index is -1.63. The maximum atomic E-state index is 13.2. The van der Waals surface area contributed by atoms with Crippen molar-refractivity contribution in [3.8, 4) is 5.75 Å². The zero-order chi connectivity index (χ0) is 24.0. The number of ketones is 1. The van der Waals surface area contributed by atoms with Gasteiger partial charge in [0.05, 0.1) is 12.3 Å². The van der Waals surface area contributed by atoms with Crippen LogP contribution in [0.3, 0.4) is 0 Å². The summed E-state index contributed by atoms with van der Waals surface area (Å²) in [6, 6.07) is 9.20. The van der Waals surface area contributed by atoms with E-state index in [-0.39, 0.29) is 43.1 Å². The average Bonchev–Trinajstić information content (AvgIpc) is 2.89. The van der Waals surface area contributed by atoms with E-state index in [4.69, 9.17) is 22.1 Å². The first kappa shape index (κ1) is 24.9. The molecule has 0 radical (unpaired) electrons. The van der Waals surface area contributed by atoms with E-state index in [0.29, 0.717) is 24.4 Å². The van der Waals surface area contributed by atoms with Gasteiger partial charge in [0.1, 0.15) is 17.2 Å². The molecule has 0 bridgehead atoms. The number of nitrogens with one attached hydrogen (secondary N) is 1. The van der Waals surface area contributed by atoms with Crippen molar-refractivity contribution in [1.29, 1.82) is 0 Å². The fourth-order valence-electron chi connectivity index (χ4n) is 3.98. The predicted molar refractivity (Wildman–Crippen MR) is 121 cm³/mol. The van der Waals surface area contributed by atoms with Crippen LogP contribution in [0.2, 0.25) is 5.02 Å². The molecule has 1 saturated heterocycles. The van der Waals surface area contributed by atoms with Gasteiger partial charge in [0.15, 0.2) is 5.78 Å². The standard InChI is InChI=1S/C23H27ClFN3O5/c24-16-4-7-20(19(13-16)27-22(26)30)33-11-8-21(29)23(31)9-1-10-28(32)18(14-23)12-15-2-5-17(25)6-3-15/h2-7,13,18,31-32H,1,8-12,14H2,(H3,26,27,30). The van der Waals surface area contributed by atoms with Crippen molar-refractivity contribution in [2.45, 2.75) is 43.7 Å². The quantitative estimate of drug-likeness (QED) is 0.459. The molecule has 1 heterocycles. The molecule has 0 saturated carbocycles. The number of Topliss-reactive ketones (excluding diaryl/α,β-unsaturated/α-hetero) is 1. The Balaban J connectivity index is 1.63. The van der Waals surface area contributed by atoms with Gasteiger partial charge in [-0.25, -0.2) is 9.18 Å². The van der Waals surface area contributed by atoms with Crippen molar-refractivity contribution < 1.29 is 29.0 Å². The van der Waals surface area contributed by atoms with Crippen LogP contribution in [0.15, 0.2) is 42.5 Å². The van der Waals surface area contributed by atoms with Crippen LogP contribution in [-0.2, 0) is 11.2 Å². The van der Waals surface area contributed by atoms with E-state index < -0.39 is 23.5 Å². The van der Waals surface area contributed by atoms with Gasteiger partial charge in [-0.15, -0.1) is 0 Å². The lowest BCUT2D eigenvalue weighted by molar-refractivity contribution is -0.148. The third-order valence-electron chi connectivity index (χ3n) is 5.66. The Labute approximate surface area is 196 Å². The van der Waals surface area contributed by atoms with E-state index in [1.807, 2.05) is 0 Å². The third kappa shape index (κ3) is 6.88. The molecule has 1 aliphatic heterocycles. The van der Waals surface area contributed by atoms with Gasteiger partial charge in [-0.05, 0) is 55.2 Å². The molecule has 0 aliphatic carbocycles. The van der Waals surface area contributed by atoms with Crippen LogP contribution >= 0.6 is 11.6 Å². The van der Waals surface area contributed by atoms with E-state index >= 15 is 0 Å². The number of carbonyl (C=O) groups is 2. The Morgan fingerprint density at radius 1 is 1.27 bits per heavy atom. The van der Waals surface area contributed by atoms with E-state index in [9.17, 15) is 24.3 Å². The number of amides is 2. The number of primary amides is 1. The zero-order valence-electron chi connectivity index (χ0n) is 18.0. The minimum absolute atomic E-state index is 0.0368. The lowest BCUT2D eigenvalue weighted by Gasteiger charge is -2.30. The zero-order valence-corrected chi connectivity index (χ0v) is 18.7. The Bertz CT molecular complexity index is 991. The van der Waals surface area contributed by atoms with Crippen molar-refractivity contribution in [3.05, 3.63) is 58.9 Å². The van der Waals surface area contributed by atoms with Crippen LogP contribution in [0.25, 0.3) is 0 Å². The number of nitrogens with two attached hydrogens (primary N) is 1. The molecule has 5 N–H and O–H groups in total. The van der Waals surface area contributed by atoms with E-state index in [1.54, 1.807) is 24.3 Å². The van der Waals surface area contributed by atoms with Gasteiger partial charge in [-0.2, -0.15) is 5.06 Å². The molecule has 1 aliphatic rings. The topological polar surface area (TPSA) is 125 Å². The number of hydroxylamine groups is 2. The molecule has 3 rings (SSSR count). The summed E-state index contributed by atoms with van der Waals surface area (Å²) >= 11 is 5.93. The number of hydrogen-bond donors (Lipinski definition) is 4. The molecule has 10 heteroatoms. The van der Waals surface area contributed by atoms with Crippen LogP contribution in [0, 0.1) is 5.82 Å². The number of ether oxygens (including phenoxy) is 1. The molecule has 178 valence electrons. The minimum Gasteiger partial charge on any atom is -0.491 e. The fourth-order valence-corrected chi connectivity index (χ4v) is 4.15. The monoisotopic (exact) mass is 479 g/mol. The first-order chi connectivity index (χ1) is 15.7. The van der Waals surface area contributed by atoms with Gasteiger partial charge in [-0.3, -0.25) is 4.79 Å². The highest BCUT2D eigenvalue weighted by Crippen LogP contribution is 2.31. The summed E-state index contributed by atoms with van der Waals surface area (Å²) < 4.78 is 18.8. The van der Waals surface area contributed by atoms with E-state index in [0.717, 1.165) is 10.6 Å². The molecule has 0 spiro atoms. The number of urea groups is 1. The average molecular weight is 480 g/mol. The van der Waals surface area contributed by atoms with Crippen LogP contribution < -0.4 is 15.8 Å². The predicted octanol–water partition coefficient (Wildman–Crippen LogP) is 3.53. The lowest BCUT2D eigenvalue weighted by Crippen LogP contribution is -2.44. The van der Waals surface area contributed by atoms with Crippen molar-refractivity contribution in [3.63, 3.8) is 0 Å². The number of rotatable bonds is 8. The largest absolute Gasteiger partial charge is 0.491 e. The Kier molecular flexibility index (Phi) is 8.25. The van der Waals surface area contributed by atoms with Crippen LogP contribution in [-0.4, -0.2) is 52.0 Å². The van der Waals surface area contributed by atoms with Crippen LogP contribution in [0.1, 0.15) is 31.2 Å².